The van der Waals surface area contributed by atoms with Gasteiger partial charge in [0.05, 0.1) is 5.02 Å². The number of pyridine rings is 1. The molecular formula is C13H18ClN5. The molecule has 1 saturated heterocycles. The van der Waals surface area contributed by atoms with E-state index in [1.165, 1.54) is 6.42 Å². The number of rotatable bonds is 2. The lowest BCUT2D eigenvalue weighted by molar-refractivity contribution is 0.369. The zero-order chi connectivity index (χ0) is 13.4. The summed E-state index contributed by atoms with van der Waals surface area (Å²) in [4.78, 5) is 6.83. The fraction of sp³-hybridized carbons (Fsp3) is 0.538. The lowest BCUT2D eigenvalue weighted by Gasteiger charge is -2.36. The van der Waals surface area contributed by atoms with Gasteiger partial charge >= 0.3 is 0 Å². The van der Waals surface area contributed by atoms with Crippen LogP contribution in [0.3, 0.4) is 0 Å². The van der Waals surface area contributed by atoms with Gasteiger partial charge in [0.1, 0.15) is 0 Å². The van der Waals surface area contributed by atoms with Crippen LogP contribution in [0.15, 0.2) is 18.3 Å². The molecule has 5 nitrogen and oxygen atoms in total. The number of nitrogens with two attached hydrogens (primary N) is 1. The fourth-order valence-electron chi connectivity index (χ4n) is 2.62. The Bertz CT molecular complexity index is 581. The summed E-state index contributed by atoms with van der Waals surface area (Å²) >= 11 is 5.97. The van der Waals surface area contributed by atoms with Crippen LogP contribution in [-0.4, -0.2) is 33.7 Å². The molecule has 19 heavy (non-hydrogen) atoms. The van der Waals surface area contributed by atoms with E-state index in [2.05, 4.69) is 21.9 Å². The van der Waals surface area contributed by atoms with E-state index < -0.39 is 0 Å². The van der Waals surface area contributed by atoms with Gasteiger partial charge in [0.15, 0.2) is 5.65 Å². The van der Waals surface area contributed by atoms with Crippen molar-refractivity contribution in [1.82, 2.24) is 14.6 Å². The zero-order valence-electron chi connectivity index (χ0n) is 11.0. The third-order valence-electron chi connectivity index (χ3n) is 3.85. The van der Waals surface area contributed by atoms with Crippen LogP contribution >= 0.6 is 11.6 Å². The summed E-state index contributed by atoms with van der Waals surface area (Å²) in [5.41, 5.74) is 6.61. The van der Waals surface area contributed by atoms with Gasteiger partial charge in [0.25, 0.3) is 0 Å². The van der Waals surface area contributed by atoms with Gasteiger partial charge in [0.2, 0.25) is 5.95 Å². The van der Waals surface area contributed by atoms with Crippen LogP contribution in [0.4, 0.5) is 5.95 Å². The molecule has 2 N–H and O–H groups in total. The molecule has 2 unspecified atom stereocenters. The smallest absolute Gasteiger partial charge is 0.245 e. The maximum atomic E-state index is 5.97. The van der Waals surface area contributed by atoms with Crippen LogP contribution in [0.25, 0.3) is 5.65 Å². The Hall–Kier alpha value is -1.33. The van der Waals surface area contributed by atoms with E-state index in [1.807, 2.05) is 12.1 Å². The summed E-state index contributed by atoms with van der Waals surface area (Å²) < 4.78 is 1.73. The normalized spacial score (nSPS) is 24.1. The molecule has 2 aromatic heterocycles. The van der Waals surface area contributed by atoms with E-state index in [0.29, 0.717) is 17.0 Å². The second kappa shape index (κ2) is 4.98. The second-order valence-electron chi connectivity index (χ2n) is 5.24. The molecule has 1 aliphatic rings. The molecule has 0 bridgehead atoms. The first-order valence-corrected chi connectivity index (χ1v) is 7.04. The molecule has 3 heterocycles. The minimum atomic E-state index is 0.454. The molecule has 0 radical (unpaired) electrons. The maximum absolute atomic E-state index is 5.97. The number of hydrogen-bond acceptors (Lipinski definition) is 4. The highest BCUT2D eigenvalue weighted by molar-refractivity contribution is 6.30. The molecule has 0 amide bonds. The summed E-state index contributed by atoms with van der Waals surface area (Å²) in [7, 11) is 0. The van der Waals surface area contributed by atoms with E-state index in [0.717, 1.165) is 31.1 Å². The quantitative estimate of drug-likeness (QED) is 0.913. The summed E-state index contributed by atoms with van der Waals surface area (Å²) in [6.45, 7) is 3.87. The summed E-state index contributed by atoms with van der Waals surface area (Å²) in [6, 6.07) is 4.17. The van der Waals surface area contributed by atoms with Gasteiger partial charge in [-0.05, 0) is 44.4 Å². The summed E-state index contributed by atoms with van der Waals surface area (Å²) in [5, 5.41) is 5.19. The Balaban J connectivity index is 1.93. The van der Waals surface area contributed by atoms with E-state index in [4.69, 9.17) is 17.3 Å². The SMILES string of the molecule is CC1CCC(CN)CN1c1nc2ccc(Cl)cn2n1. The van der Waals surface area contributed by atoms with Crippen LogP contribution in [-0.2, 0) is 0 Å². The average Bonchev–Trinajstić information content (AvgIpc) is 2.82. The van der Waals surface area contributed by atoms with Crippen molar-refractivity contribution < 1.29 is 0 Å². The number of fused-ring (bicyclic) bond motifs is 1. The van der Waals surface area contributed by atoms with Crippen molar-refractivity contribution in [3.8, 4) is 0 Å². The maximum Gasteiger partial charge on any atom is 0.245 e. The van der Waals surface area contributed by atoms with E-state index in [-0.39, 0.29) is 0 Å². The molecule has 3 rings (SSSR count). The Morgan fingerprint density at radius 2 is 2.26 bits per heavy atom. The third-order valence-corrected chi connectivity index (χ3v) is 4.08. The van der Waals surface area contributed by atoms with Crippen molar-refractivity contribution in [2.75, 3.05) is 18.0 Å². The van der Waals surface area contributed by atoms with Crippen molar-refractivity contribution in [1.29, 1.82) is 0 Å². The highest BCUT2D eigenvalue weighted by Gasteiger charge is 2.27. The fourth-order valence-corrected chi connectivity index (χ4v) is 2.78. The molecule has 0 aromatic carbocycles. The predicted molar refractivity (Wildman–Crippen MR) is 76.6 cm³/mol. The Morgan fingerprint density at radius 1 is 1.42 bits per heavy atom. The highest BCUT2D eigenvalue weighted by atomic mass is 35.5. The Labute approximate surface area is 117 Å². The van der Waals surface area contributed by atoms with E-state index in [1.54, 1.807) is 10.7 Å². The number of hydrogen-bond donors (Lipinski definition) is 1. The van der Waals surface area contributed by atoms with Crippen LogP contribution in [0.1, 0.15) is 19.8 Å². The molecule has 2 atom stereocenters. The van der Waals surface area contributed by atoms with Crippen LogP contribution < -0.4 is 10.6 Å². The average molecular weight is 280 g/mol. The molecule has 1 aliphatic heterocycles. The third kappa shape index (κ3) is 2.40. The van der Waals surface area contributed by atoms with Gasteiger partial charge < -0.3 is 10.6 Å². The number of nitrogens with zero attached hydrogens (tertiary/aromatic N) is 4. The summed E-state index contributed by atoms with van der Waals surface area (Å²) in [5.74, 6) is 1.30. The molecule has 0 aliphatic carbocycles. The number of halogens is 1. The molecule has 0 spiro atoms. The van der Waals surface area contributed by atoms with E-state index >= 15 is 0 Å². The topological polar surface area (TPSA) is 59.5 Å². The Kier molecular flexibility index (Phi) is 3.33. The first-order chi connectivity index (χ1) is 9.17. The first-order valence-electron chi connectivity index (χ1n) is 6.66. The van der Waals surface area contributed by atoms with Gasteiger partial charge in [-0.2, -0.15) is 4.98 Å². The molecule has 102 valence electrons. The Morgan fingerprint density at radius 3 is 3.05 bits per heavy atom. The van der Waals surface area contributed by atoms with Crippen LogP contribution in [0.5, 0.6) is 0 Å². The number of piperidine rings is 1. The van der Waals surface area contributed by atoms with Crippen molar-refractivity contribution in [3.63, 3.8) is 0 Å². The molecule has 2 aromatic rings. The minimum Gasteiger partial charge on any atom is -0.336 e. The van der Waals surface area contributed by atoms with Crippen molar-refractivity contribution in [2.24, 2.45) is 11.7 Å². The number of anilines is 1. The highest BCUT2D eigenvalue weighted by Crippen LogP contribution is 2.25. The largest absolute Gasteiger partial charge is 0.336 e. The van der Waals surface area contributed by atoms with Gasteiger partial charge in [0, 0.05) is 18.8 Å². The van der Waals surface area contributed by atoms with Gasteiger partial charge in [-0.25, -0.2) is 4.52 Å². The standard InChI is InChI=1S/C13H18ClN5/c1-9-2-3-10(6-15)7-18(9)13-16-12-5-4-11(14)8-19(12)17-13/h4-5,8-10H,2-3,6-7,15H2,1H3. The van der Waals surface area contributed by atoms with Crippen LogP contribution in [0.2, 0.25) is 5.02 Å². The monoisotopic (exact) mass is 279 g/mol. The molecular weight excluding hydrogens is 262 g/mol. The number of aromatic nitrogens is 3. The van der Waals surface area contributed by atoms with E-state index in [9.17, 15) is 0 Å². The molecule has 0 saturated carbocycles. The second-order valence-corrected chi connectivity index (χ2v) is 5.68. The summed E-state index contributed by atoms with van der Waals surface area (Å²) in [6.07, 6.45) is 4.11. The van der Waals surface area contributed by atoms with Crippen molar-refractivity contribution in [2.45, 2.75) is 25.8 Å². The van der Waals surface area contributed by atoms with Crippen molar-refractivity contribution in [3.05, 3.63) is 23.4 Å². The zero-order valence-corrected chi connectivity index (χ0v) is 11.7. The first kappa shape index (κ1) is 12.7. The lowest BCUT2D eigenvalue weighted by atomic mass is 9.94. The minimum absolute atomic E-state index is 0.454. The predicted octanol–water partition coefficient (Wildman–Crippen LogP) is 1.95. The van der Waals surface area contributed by atoms with Gasteiger partial charge in [-0.3, -0.25) is 0 Å². The molecule has 1 fully saturated rings. The van der Waals surface area contributed by atoms with Gasteiger partial charge in [-0.15, -0.1) is 5.10 Å². The van der Waals surface area contributed by atoms with Crippen molar-refractivity contribution >= 4 is 23.2 Å². The van der Waals surface area contributed by atoms with Gasteiger partial charge in [-0.1, -0.05) is 11.6 Å². The lowest BCUT2D eigenvalue weighted by Crippen LogP contribution is -2.44. The van der Waals surface area contributed by atoms with Crippen LogP contribution in [0, 0.1) is 5.92 Å². The molecule has 6 heteroatoms.